The molecule has 22 heavy (non-hydrogen) atoms. The zero-order valence-corrected chi connectivity index (χ0v) is 14.1. The van der Waals surface area contributed by atoms with Crippen LogP contribution in [0.4, 0.5) is 0 Å². The summed E-state index contributed by atoms with van der Waals surface area (Å²) >= 11 is 3.56. The van der Waals surface area contributed by atoms with Crippen molar-refractivity contribution < 1.29 is 4.74 Å². The molecular formula is C18H19BrN2O. The fraction of sp³-hybridized carbons (Fsp3) is 0.222. The zero-order valence-electron chi connectivity index (χ0n) is 12.5. The van der Waals surface area contributed by atoms with Crippen LogP contribution in [0.15, 0.2) is 64.9 Å². The molecule has 2 aromatic rings. The molecule has 4 heteroatoms. The molecular weight excluding hydrogens is 340 g/mol. The van der Waals surface area contributed by atoms with Crippen LogP contribution < -0.4 is 15.8 Å². The average molecular weight is 359 g/mol. The Hall–Kier alpha value is -1.94. The van der Waals surface area contributed by atoms with E-state index in [9.17, 15) is 0 Å². The van der Waals surface area contributed by atoms with E-state index < -0.39 is 0 Å². The number of hydrogen-bond acceptors (Lipinski definition) is 3. The fourth-order valence-electron chi connectivity index (χ4n) is 2.93. The number of rotatable bonds is 4. The summed E-state index contributed by atoms with van der Waals surface area (Å²) in [5, 5.41) is 3.26. The predicted octanol–water partition coefficient (Wildman–Crippen LogP) is 3.54. The maximum Gasteiger partial charge on any atom is 0.119 e. The van der Waals surface area contributed by atoms with Gasteiger partial charge in [-0.1, -0.05) is 40.2 Å². The second-order valence-electron chi connectivity index (χ2n) is 5.39. The van der Waals surface area contributed by atoms with E-state index in [-0.39, 0.29) is 5.41 Å². The van der Waals surface area contributed by atoms with Crippen molar-refractivity contribution in [1.82, 2.24) is 5.32 Å². The summed E-state index contributed by atoms with van der Waals surface area (Å²) in [4.78, 5) is 0. The van der Waals surface area contributed by atoms with Crippen LogP contribution in [0.1, 0.15) is 18.1 Å². The van der Waals surface area contributed by atoms with Crippen LogP contribution in [-0.4, -0.2) is 13.2 Å². The molecule has 0 saturated heterocycles. The van der Waals surface area contributed by atoms with Gasteiger partial charge in [0.05, 0.1) is 17.8 Å². The van der Waals surface area contributed by atoms with Gasteiger partial charge in [0.2, 0.25) is 0 Å². The average Bonchev–Trinajstić information content (AvgIpc) is 2.92. The number of halogens is 1. The molecule has 3 nitrogen and oxygen atoms in total. The van der Waals surface area contributed by atoms with Gasteiger partial charge in [-0.3, -0.25) is 0 Å². The summed E-state index contributed by atoms with van der Waals surface area (Å²) in [6.45, 7) is 3.41. The minimum atomic E-state index is -0.251. The molecule has 0 aromatic heterocycles. The van der Waals surface area contributed by atoms with Gasteiger partial charge < -0.3 is 15.8 Å². The van der Waals surface area contributed by atoms with Crippen molar-refractivity contribution in [3.05, 3.63) is 76.0 Å². The van der Waals surface area contributed by atoms with E-state index in [0.717, 1.165) is 16.8 Å². The first kappa shape index (κ1) is 15.0. The van der Waals surface area contributed by atoms with E-state index in [1.165, 1.54) is 11.1 Å². The van der Waals surface area contributed by atoms with Gasteiger partial charge in [0.1, 0.15) is 5.75 Å². The summed E-state index contributed by atoms with van der Waals surface area (Å²) < 4.78 is 6.60. The topological polar surface area (TPSA) is 47.3 Å². The van der Waals surface area contributed by atoms with E-state index in [4.69, 9.17) is 10.5 Å². The van der Waals surface area contributed by atoms with Crippen LogP contribution in [0.25, 0.3) is 0 Å². The number of hydrogen-bond donors (Lipinski definition) is 2. The maximum absolute atomic E-state index is 6.01. The minimum Gasteiger partial charge on any atom is -0.494 e. The molecule has 0 radical (unpaired) electrons. The van der Waals surface area contributed by atoms with Crippen molar-refractivity contribution in [2.75, 3.05) is 13.2 Å². The maximum atomic E-state index is 6.01. The lowest BCUT2D eigenvalue weighted by Gasteiger charge is -2.28. The van der Waals surface area contributed by atoms with Crippen LogP contribution >= 0.6 is 15.9 Å². The third-order valence-electron chi connectivity index (χ3n) is 3.99. The first-order valence-corrected chi connectivity index (χ1v) is 8.15. The van der Waals surface area contributed by atoms with E-state index in [1.807, 2.05) is 25.1 Å². The molecule has 3 rings (SSSR count). The Labute approximate surface area is 139 Å². The summed E-state index contributed by atoms with van der Waals surface area (Å²) in [5.41, 5.74) is 8.17. The van der Waals surface area contributed by atoms with Gasteiger partial charge >= 0.3 is 0 Å². The molecule has 2 aromatic carbocycles. The Morgan fingerprint density at radius 2 is 1.95 bits per heavy atom. The molecule has 1 heterocycles. The first-order valence-electron chi connectivity index (χ1n) is 7.35. The summed E-state index contributed by atoms with van der Waals surface area (Å²) in [5.74, 6) is 1.60. The first-order chi connectivity index (χ1) is 10.6. The number of benzene rings is 2. The molecule has 0 fully saturated rings. The second kappa shape index (κ2) is 6.05. The van der Waals surface area contributed by atoms with E-state index in [2.05, 4.69) is 57.7 Å². The second-order valence-corrected chi connectivity index (χ2v) is 6.31. The smallest absolute Gasteiger partial charge is 0.119 e. The van der Waals surface area contributed by atoms with E-state index in [1.54, 1.807) is 0 Å². The zero-order chi connectivity index (χ0) is 15.6. The van der Waals surface area contributed by atoms with Gasteiger partial charge in [-0.2, -0.15) is 0 Å². The Morgan fingerprint density at radius 1 is 1.18 bits per heavy atom. The largest absolute Gasteiger partial charge is 0.494 e. The molecule has 0 bridgehead atoms. The van der Waals surface area contributed by atoms with Gasteiger partial charge in [0.15, 0.2) is 0 Å². The van der Waals surface area contributed by atoms with Crippen molar-refractivity contribution in [1.29, 1.82) is 0 Å². The molecule has 0 saturated carbocycles. The Balaban J connectivity index is 2.07. The standard InChI is InChI=1S/C18H19BrN2O/c1-2-22-16-8-6-13(7-9-16)18(11-17(20)21-12-18)14-4-3-5-15(19)10-14/h3-11,21H,2,12,20H2,1H3. The lowest BCUT2D eigenvalue weighted by Crippen LogP contribution is -2.31. The highest BCUT2D eigenvalue weighted by Gasteiger charge is 2.36. The SMILES string of the molecule is CCOc1ccc(C2(c3cccc(Br)c3)C=C(N)NC2)cc1. The lowest BCUT2D eigenvalue weighted by molar-refractivity contribution is 0.340. The van der Waals surface area contributed by atoms with Crippen molar-refractivity contribution in [3.8, 4) is 5.75 Å². The van der Waals surface area contributed by atoms with Gasteiger partial charge in [0, 0.05) is 11.0 Å². The van der Waals surface area contributed by atoms with Crippen LogP contribution in [0.3, 0.4) is 0 Å². The minimum absolute atomic E-state index is 0.251. The lowest BCUT2D eigenvalue weighted by atomic mass is 9.75. The molecule has 1 atom stereocenters. The molecule has 114 valence electrons. The normalized spacial score (nSPS) is 20.4. The third-order valence-corrected chi connectivity index (χ3v) is 4.49. The summed E-state index contributed by atoms with van der Waals surface area (Å²) in [6.07, 6.45) is 2.10. The van der Waals surface area contributed by atoms with E-state index >= 15 is 0 Å². The highest BCUT2D eigenvalue weighted by atomic mass is 79.9. The molecule has 0 aliphatic carbocycles. The highest BCUT2D eigenvalue weighted by molar-refractivity contribution is 9.10. The highest BCUT2D eigenvalue weighted by Crippen LogP contribution is 2.38. The van der Waals surface area contributed by atoms with Crippen molar-refractivity contribution in [3.63, 3.8) is 0 Å². The third kappa shape index (κ3) is 2.71. The molecule has 0 spiro atoms. The van der Waals surface area contributed by atoms with Crippen molar-refractivity contribution in [2.45, 2.75) is 12.3 Å². The van der Waals surface area contributed by atoms with Crippen LogP contribution in [-0.2, 0) is 5.41 Å². The molecule has 1 aliphatic rings. The van der Waals surface area contributed by atoms with Gasteiger partial charge in [0.25, 0.3) is 0 Å². The van der Waals surface area contributed by atoms with Crippen molar-refractivity contribution in [2.24, 2.45) is 5.73 Å². The Kier molecular flexibility index (Phi) is 4.12. The van der Waals surface area contributed by atoms with Crippen LogP contribution in [0.5, 0.6) is 5.75 Å². The quantitative estimate of drug-likeness (QED) is 0.878. The predicted molar refractivity (Wildman–Crippen MR) is 92.8 cm³/mol. The van der Waals surface area contributed by atoms with Crippen LogP contribution in [0.2, 0.25) is 0 Å². The molecule has 3 N–H and O–H groups in total. The molecule has 1 unspecified atom stereocenters. The van der Waals surface area contributed by atoms with Crippen molar-refractivity contribution >= 4 is 15.9 Å². The Morgan fingerprint density at radius 3 is 2.55 bits per heavy atom. The summed E-state index contributed by atoms with van der Waals surface area (Å²) in [6, 6.07) is 16.6. The number of ether oxygens (including phenoxy) is 1. The van der Waals surface area contributed by atoms with Gasteiger partial charge in [-0.05, 0) is 48.4 Å². The van der Waals surface area contributed by atoms with E-state index in [0.29, 0.717) is 12.4 Å². The van der Waals surface area contributed by atoms with Gasteiger partial charge in [-0.25, -0.2) is 0 Å². The van der Waals surface area contributed by atoms with Crippen LogP contribution in [0, 0.1) is 0 Å². The fourth-order valence-corrected chi connectivity index (χ4v) is 3.33. The Bertz CT molecular complexity index is 696. The number of nitrogens with two attached hydrogens (primary N) is 1. The number of nitrogens with one attached hydrogen (secondary N) is 1. The molecule has 0 amide bonds. The summed E-state index contributed by atoms with van der Waals surface area (Å²) in [7, 11) is 0. The van der Waals surface area contributed by atoms with Gasteiger partial charge in [-0.15, -0.1) is 0 Å². The monoisotopic (exact) mass is 358 g/mol. The molecule has 1 aliphatic heterocycles.